The number of hydrogen-bond donors (Lipinski definition) is 3. The lowest BCUT2D eigenvalue weighted by atomic mass is 10.00. The van der Waals surface area contributed by atoms with Gasteiger partial charge < -0.3 is 10.6 Å². The Balaban J connectivity index is 2.52. The molecule has 0 unspecified atom stereocenters. The quantitative estimate of drug-likeness (QED) is 0.495. The molecule has 72 valence electrons. The van der Waals surface area contributed by atoms with Crippen LogP contribution in [0.1, 0.15) is 12.8 Å². The van der Waals surface area contributed by atoms with Crippen LogP contribution in [0.15, 0.2) is 0 Å². The van der Waals surface area contributed by atoms with Crippen LogP contribution in [0.5, 0.6) is 0 Å². The molecule has 4 nitrogen and oxygen atoms in total. The number of piperidine rings is 1. The zero-order valence-electron chi connectivity index (χ0n) is 8.28. The van der Waals surface area contributed by atoms with Gasteiger partial charge in [-0.05, 0) is 34.0 Å². The van der Waals surface area contributed by atoms with Crippen LogP contribution >= 0.6 is 0 Å². The van der Waals surface area contributed by atoms with Crippen LogP contribution in [-0.2, 0) is 0 Å². The molecule has 0 spiro atoms. The number of likely N-dealkylation sites (N-methyl/N-ethyl adjacent to an activating group) is 2. The van der Waals surface area contributed by atoms with Crippen molar-refractivity contribution >= 4 is 0 Å². The van der Waals surface area contributed by atoms with Gasteiger partial charge in [0.1, 0.15) is 0 Å². The highest BCUT2D eigenvalue weighted by Crippen LogP contribution is 2.15. The lowest BCUT2D eigenvalue weighted by Crippen LogP contribution is -2.65. The third kappa shape index (κ3) is 1.95. The first-order chi connectivity index (χ1) is 5.76. The molecule has 1 fully saturated rings. The number of rotatable bonds is 3. The number of nitrogens with zero attached hydrogens (tertiary/aromatic N) is 1. The summed E-state index contributed by atoms with van der Waals surface area (Å²) >= 11 is 0. The van der Waals surface area contributed by atoms with E-state index in [9.17, 15) is 0 Å². The molecule has 0 amide bonds. The summed E-state index contributed by atoms with van der Waals surface area (Å²) < 4.78 is 0. The van der Waals surface area contributed by atoms with Gasteiger partial charge in [0.2, 0.25) is 0 Å². The average Bonchev–Trinajstić information content (AvgIpc) is 2.18. The van der Waals surface area contributed by atoms with Crippen molar-refractivity contribution in [2.24, 2.45) is 0 Å². The van der Waals surface area contributed by atoms with E-state index in [-0.39, 0.29) is 5.66 Å². The zero-order valence-corrected chi connectivity index (χ0v) is 8.28. The Hall–Kier alpha value is -0.160. The van der Waals surface area contributed by atoms with Crippen molar-refractivity contribution in [3.05, 3.63) is 0 Å². The first-order valence-electron chi connectivity index (χ1n) is 4.56. The predicted octanol–water partition coefficient (Wildman–Crippen LogP) is -0.648. The molecule has 1 aliphatic rings. The van der Waals surface area contributed by atoms with E-state index in [1.807, 2.05) is 21.1 Å². The summed E-state index contributed by atoms with van der Waals surface area (Å²) in [4.78, 5) is 0. The molecule has 0 aromatic rings. The standard InChI is InChI=1S/C8H20N4/c1-9-8(10-2)5-4-6-12(7-8)11-3/h9-11H,4-7H2,1-3H3. The number of hydrazine groups is 1. The molecule has 0 radical (unpaired) electrons. The maximum Gasteiger partial charge on any atom is 0.0827 e. The Labute approximate surface area is 74.7 Å². The van der Waals surface area contributed by atoms with Gasteiger partial charge in [0.15, 0.2) is 0 Å². The fraction of sp³-hybridized carbons (Fsp3) is 1.00. The molecule has 1 rings (SSSR count). The predicted molar refractivity (Wildman–Crippen MR) is 50.7 cm³/mol. The summed E-state index contributed by atoms with van der Waals surface area (Å²) in [5.41, 5.74) is 3.28. The average molecular weight is 172 g/mol. The van der Waals surface area contributed by atoms with Crippen molar-refractivity contribution in [3.63, 3.8) is 0 Å². The molecule has 1 aliphatic heterocycles. The molecule has 0 bridgehead atoms. The Morgan fingerprint density at radius 2 is 1.83 bits per heavy atom. The Bertz CT molecular complexity index is 133. The van der Waals surface area contributed by atoms with Gasteiger partial charge in [0, 0.05) is 13.1 Å². The second kappa shape index (κ2) is 4.18. The van der Waals surface area contributed by atoms with Crippen molar-refractivity contribution in [1.29, 1.82) is 0 Å². The molecular formula is C8H20N4. The van der Waals surface area contributed by atoms with E-state index < -0.39 is 0 Å². The van der Waals surface area contributed by atoms with Gasteiger partial charge in [-0.2, -0.15) is 0 Å². The molecule has 1 saturated heterocycles. The third-order valence-electron chi connectivity index (χ3n) is 2.77. The van der Waals surface area contributed by atoms with Crippen molar-refractivity contribution < 1.29 is 0 Å². The van der Waals surface area contributed by atoms with Gasteiger partial charge in [-0.3, -0.25) is 5.43 Å². The summed E-state index contributed by atoms with van der Waals surface area (Å²) in [6.45, 7) is 2.15. The van der Waals surface area contributed by atoms with Gasteiger partial charge in [0.05, 0.1) is 5.66 Å². The molecular weight excluding hydrogens is 152 g/mol. The lowest BCUT2D eigenvalue weighted by molar-refractivity contribution is 0.0745. The van der Waals surface area contributed by atoms with Crippen LogP contribution in [0.4, 0.5) is 0 Å². The minimum absolute atomic E-state index is 0.0985. The van der Waals surface area contributed by atoms with Gasteiger partial charge >= 0.3 is 0 Å². The molecule has 0 aromatic carbocycles. The number of nitrogens with one attached hydrogen (secondary N) is 3. The van der Waals surface area contributed by atoms with Gasteiger partial charge in [-0.15, -0.1) is 0 Å². The first-order valence-corrected chi connectivity index (χ1v) is 4.56. The molecule has 0 aliphatic carbocycles. The fourth-order valence-corrected chi connectivity index (χ4v) is 1.78. The zero-order chi connectivity index (χ0) is 9.03. The normalized spacial score (nSPS) is 24.2. The first kappa shape index (κ1) is 9.92. The van der Waals surface area contributed by atoms with E-state index in [4.69, 9.17) is 0 Å². The van der Waals surface area contributed by atoms with Crippen molar-refractivity contribution in [3.8, 4) is 0 Å². The Morgan fingerprint density at radius 1 is 1.17 bits per heavy atom. The van der Waals surface area contributed by atoms with E-state index in [1.165, 1.54) is 12.8 Å². The summed E-state index contributed by atoms with van der Waals surface area (Å²) in [7, 11) is 5.99. The second-order valence-corrected chi connectivity index (χ2v) is 3.33. The molecule has 4 heteroatoms. The monoisotopic (exact) mass is 172 g/mol. The molecule has 3 N–H and O–H groups in total. The van der Waals surface area contributed by atoms with Gasteiger partial charge in [0.25, 0.3) is 0 Å². The van der Waals surface area contributed by atoms with E-state index in [2.05, 4.69) is 21.1 Å². The second-order valence-electron chi connectivity index (χ2n) is 3.33. The SMILES string of the molecule is CNN1CCCC(NC)(NC)C1. The highest BCUT2D eigenvalue weighted by molar-refractivity contribution is 4.88. The fourth-order valence-electron chi connectivity index (χ4n) is 1.78. The highest BCUT2D eigenvalue weighted by Gasteiger charge is 2.31. The molecule has 0 atom stereocenters. The van der Waals surface area contributed by atoms with Crippen molar-refractivity contribution in [2.75, 3.05) is 34.2 Å². The summed E-state index contributed by atoms with van der Waals surface area (Å²) in [6.07, 6.45) is 2.42. The van der Waals surface area contributed by atoms with Crippen LogP contribution in [0.25, 0.3) is 0 Å². The highest BCUT2D eigenvalue weighted by atomic mass is 15.5. The van der Waals surface area contributed by atoms with Gasteiger partial charge in [-0.25, -0.2) is 5.01 Å². The van der Waals surface area contributed by atoms with Crippen molar-refractivity contribution in [1.82, 2.24) is 21.1 Å². The van der Waals surface area contributed by atoms with Gasteiger partial charge in [-0.1, -0.05) is 0 Å². The van der Waals surface area contributed by atoms with Crippen molar-refractivity contribution in [2.45, 2.75) is 18.5 Å². The van der Waals surface area contributed by atoms with E-state index in [0.29, 0.717) is 0 Å². The maximum atomic E-state index is 3.34. The van der Waals surface area contributed by atoms with Crippen LogP contribution in [0, 0.1) is 0 Å². The topological polar surface area (TPSA) is 39.3 Å². The van der Waals surface area contributed by atoms with E-state index in [1.54, 1.807) is 0 Å². The molecule has 0 aromatic heterocycles. The maximum absolute atomic E-state index is 3.34. The lowest BCUT2D eigenvalue weighted by Gasteiger charge is -2.42. The van der Waals surface area contributed by atoms with E-state index >= 15 is 0 Å². The van der Waals surface area contributed by atoms with E-state index in [0.717, 1.165) is 13.1 Å². The summed E-state index contributed by atoms with van der Waals surface area (Å²) in [5, 5.41) is 8.91. The molecule has 0 saturated carbocycles. The minimum atomic E-state index is 0.0985. The van der Waals surface area contributed by atoms with Crippen LogP contribution in [0.3, 0.4) is 0 Å². The van der Waals surface area contributed by atoms with Crippen LogP contribution in [0.2, 0.25) is 0 Å². The number of hydrogen-bond acceptors (Lipinski definition) is 4. The summed E-state index contributed by atoms with van der Waals surface area (Å²) in [5.74, 6) is 0. The Morgan fingerprint density at radius 3 is 2.33 bits per heavy atom. The minimum Gasteiger partial charge on any atom is -0.301 e. The third-order valence-corrected chi connectivity index (χ3v) is 2.77. The molecule has 1 heterocycles. The largest absolute Gasteiger partial charge is 0.301 e. The smallest absolute Gasteiger partial charge is 0.0827 e. The Kier molecular flexibility index (Phi) is 3.46. The molecule has 12 heavy (non-hydrogen) atoms. The van der Waals surface area contributed by atoms with Crippen LogP contribution < -0.4 is 16.1 Å². The van der Waals surface area contributed by atoms with Crippen LogP contribution in [-0.4, -0.2) is 44.9 Å². The summed E-state index contributed by atoms with van der Waals surface area (Å²) in [6, 6.07) is 0.